The van der Waals surface area contributed by atoms with Crippen molar-refractivity contribution < 1.29 is 4.39 Å². The van der Waals surface area contributed by atoms with Crippen molar-refractivity contribution >= 4 is 11.3 Å². The van der Waals surface area contributed by atoms with Crippen molar-refractivity contribution in [2.75, 3.05) is 0 Å². The first-order valence-corrected chi connectivity index (χ1v) is 5.47. The van der Waals surface area contributed by atoms with Gasteiger partial charge in [-0.15, -0.1) is 0 Å². The van der Waals surface area contributed by atoms with Gasteiger partial charge in [-0.25, -0.2) is 19.9 Å². The summed E-state index contributed by atoms with van der Waals surface area (Å²) in [7, 11) is 0. The zero-order valence-corrected chi connectivity index (χ0v) is 9.71. The molecule has 0 radical (unpaired) electrons. The van der Waals surface area contributed by atoms with Gasteiger partial charge in [0.2, 0.25) is 5.95 Å². The zero-order valence-electron chi connectivity index (χ0n) is 9.71. The van der Waals surface area contributed by atoms with E-state index in [1.807, 2.05) is 6.92 Å². The molecule has 0 bridgehead atoms. The van der Waals surface area contributed by atoms with Crippen molar-refractivity contribution in [1.82, 2.24) is 24.5 Å². The maximum absolute atomic E-state index is 13.6. The van der Waals surface area contributed by atoms with Gasteiger partial charge in [-0.1, -0.05) is 0 Å². The zero-order chi connectivity index (χ0) is 12.5. The summed E-state index contributed by atoms with van der Waals surface area (Å²) in [5.41, 5.74) is 2.62. The molecule has 3 rings (SSSR count). The highest BCUT2D eigenvalue weighted by atomic mass is 19.1. The molecular formula is C12H10FN5. The minimum Gasteiger partial charge on any atom is -0.309 e. The third-order valence-corrected chi connectivity index (χ3v) is 2.64. The van der Waals surface area contributed by atoms with Gasteiger partial charge in [-0.05, 0) is 18.6 Å². The summed E-state index contributed by atoms with van der Waals surface area (Å²) in [5, 5.41) is 0. The molecule has 0 aliphatic rings. The van der Waals surface area contributed by atoms with E-state index in [-0.39, 0.29) is 0 Å². The Morgan fingerprint density at radius 3 is 2.89 bits per heavy atom. The monoisotopic (exact) mass is 243 g/mol. The fraction of sp³-hybridized carbons (Fsp3) is 0.167. The molecule has 0 aromatic carbocycles. The summed E-state index contributed by atoms with van der Waals surface area (Å²) in [6.45, 7) is 2.22. The Hall–Kier alpha value is -2.37. The fourth-order valence-electron chi connectivity index (χ4n) is 1.82. The minimum atomic E-state index is -0.466. The van der Waals surface area contributed by atoms with Crippen LogP contribution in [0.2, 0.25) is 0 Å². The summed E-state index contributed by atoms with van der Waals surface area (Å²) in [6.07, 6.45) is 6.27. The summed E-state index contributed by atoms with van der Waals surface area (Å²) in [5.74, 6) is -0.466. The van der Waals surface area contributed by atoms with Gasteiger partial charge in [-0.3, -0.25) is 0 Å². The van der Waals surface area contributed by atoms with Crippen LogP contribution < -0.4 is 0 Å². The molecule has 0 fully saturated rings. The molecule has 0 aliphatic heterocycles. The predicted octanol–water partition coefficient (Wildman–Crippen LogP) is 1.72. The summed E-state index contributed by atoms with van der Waals surface area (Å²) in [6, 6.07) is 1.77. The number of imidazole rings is 1. The average molecular weight is 243 g/mol. The molecule has 0 unspecified atom stereocenters. The second-order valence-electron chi connectivity index (χ2n) is 4.04. The fourth-order valence-corrected chi connectivity index (χ4v) is 1.82. The first kappa shape index (κ1) is 10.8. The Kier molecular flexibility index (Phi) is 2.47. The van der Waals surface area contributed by atoms with Gasteiger partial charge in [0.05, 0.1) is 12.9 Å². The van der Waals surface area contributed by atoms with E-state index in [0.717, 1.165) is 5.56 Å². The van der Waals surface area contributed by atoms with Crippen LogP contribution in [-0.4, -0.2) is 24.5 Å². The molecule has 0 saturated heterocycles. The molecule has 0 spiro atoms. The van der Waals surface area contributed by atoms with Crippen LogP contribution in [0.25, 0.3) is 11.3 Å². The molecule has 5 nitrogen and oxygen atoms in total. The number of aromatic nitrogens is 5. The number of hydrogen-bond donors (Lipinski definition) is 0. The van der Waals surface area contributed by atoms with Crippen molar-refractivity contribution in [2.24, 2.45) is 0 Å². The van der Waals surface area contributed by atoms with Crippen LogP contribution in [0.5, 0.6) is 0 Å². The molecule has 6 heteroatoms. The van der Waals surface area contributed by atoms with E-state index >= 15 is 0 Å². The first-order valence-electron chi connectivity index (χ1n) is 5.47. The molecule has 90 valence electrons. The average Bonchev–Trinajstić information content (AvgIpc) is 2.78. The van der Waals surface area contributed by atoms with E-state index in [9.17, 15) is 4.39 Å². The summed E-state index contributed by atoms with van der Waals surface area (Å²) >= 11 is 0. The van der Waals surface area contributed by atoms with Crippen molar-refractivity contribution in [3.8, 4) is 0 Å². The predicted molar refractivity (Wildman–Crippen MR) is 63.4 cm³/mol. The maximum atomic E-state index is 13.6. The number of hydrogen-bond acceptors (Lipinski definition) is 4. The Balaban J connectivity index is 2.04. The lowest BCUT2D eigenvalue weighted by Crippen LogP contribution is -2.03. The van der Waals surface area contributed by atoms with Crippen molar-refractivity contribution in [2.45, 2.75) is 13.5 Å². The second kappa shape index (κ2) is 4.14. The quantitative estimate of drug-likeness (QED) is 0.643. The topological polar surface area (TPSA) is 56.5 Å². The van der Waals surface area contributed by atoms with Crippen LogP contribution in [0.1, 0.15) is 11.1 Å². The van der Waals surface area contributed by atoms with E-state index in [1.54, 1.807) is 29.4 Å². The number of halogens is 1. The van der Waals surface area contributed by atoms with E-state index in [2.05, 4.69) is 19.9 Å². The molecule has 3 aromatic rings. The Labute approximate surface area is 102 Å². The molecule has 3 heterocycles. The van der Waals surface area contributed by atoms with Crippen LogP contribution in [-0.2, 0) is 6.54 Å². The van der Waals surface area contributed by atoms with Gasteiger partial charge in [0, 0.05) is 24.2 Å². The normalized spacial score (nSPS) is 11.0. The smallest absolute Gasteiger partial charge is 0.217 e. The largest absolute Gasteiger partial charge is 0.309 e. The van der Waals surface area contributed by atoms with Crippen molar-refractivity contribution in [1.29, 1.82) is 0 Å². The second-order valence-corrected chi connectivity index (χ2v) is 4.04. The maximum Gasteiger partial charge on any atom is 0.217 e. The highest BCUT2D eigenvalue weighted by Crippen LogP contribution is 2.12. The van der Waals surface area contributed by atoms with Gasteiger partial charge in [0.1, 0.15) is 0 Å². The first-order chi connectivity index (χ1) is 8.74. The Bertz CT molecular complexity index is 707. The Morgan fingerprint density at radius 1 is 1.17 bits per heavy atom. The van der Waals surface area contributed by atoms with Crippen LogP contribution in [0.4, 0.5) is 4.39 Å². The number of aryl methyl sites for hydroxylation is 1. The lowest BCUT2D eigenvalue weighted by molar-refractivity contribution is 0.558. The standard InChI is InChI=1S/C12H10FN5/c1-8-4-9(10(13)16-5-8)6-18-7-17-11-12(18)15-3-2-14-11/h2-5,7H,6H2,1H3. The molecule has 0 N–H and O–H groups in total. The molecule has 0 saturated carbocycles. The number of fused-ring (bicyclic) bond motifs is 1. The molecule has 0 amide bonds. The van der Waals surface area contributed by atoms with E-state index < -0.39 is 5.95 Å². The van der Waals surface area contributed by atoms with E-state index in [0.29, 0.717) is 23.4 Å². The Morgan fingerprint density at radius 2 is 2.00 bits per heavy atom. The molecule has 0 aliphatic carbocycles. The van der Waals surface area contributed by atoms with Gasteiger partial charge < -0.3 is 4.57 Å². The number of nitrogens with zero attached hydrogens (tertiary/aromatic N) is 5. The highest BCUT2D eigenvalue weighted by molar-refractivity contribution is 5.64. The van der Waals surface area contributed by atoms with Crippen LogP contribution in [0, 0.1) is 12.9 Å². The number of pyridine rings is 1. The summed E-state index contributed by atoms with van der Waals surface area (Å²) < 4.78 is 15.3. The lowest BCUT2D eigenvalue weighted by Gasteiger charge is -2.05. The molecular weight excluding hydrogens is 233 g/mol. The summed E-state index contributed by atoms with van der Waals surface area (Å²) in [4.78, 5) is 16.1. The lowest BCUT2D eigenvalue weighted by atomic mass is 10.2. The molecule has 3 aromatic heterocycles. The SMILES string of the molecule is Cc1cnc(F)c(Cn2cnc3nccnc32)c1. The van der Waals surface area contributed by atoms with Gasteiger partial charge in [0.15, 0.2) is 11.3 Å². The van der Waals surface area contributed by atoms with Crippen LogP contribution >= 0.6 is 0 Å². The number of rotatable bonds is 2. The van der Waals surface area contributed by atoms with E-state index in [1.165, 1.54) is 6.20 Å². The minimum absolute atomic E-state index is 0.343. The van der Waals surface area contributed by atoms with Crippen LogP contribution in [0.3, 0.4) is 0 Å². The van der Waals surface area contributed by atoms with Crippen molar-refractivity contribution in [3.05, 3.63) is 48.1 Å². The van der Waals surface area contributed by atoms with E-state index in [4.69, 9.17) is 0 Å². The van der Waals surface area contributed by atoms with Crippen LogP contribution in [0.15, 0.2) is 31.0 Å². The van der Waals surface area contributed by atoms with Crippen molar-refractivity contribution in [3.63, 3.8) is 0 Å². The van der Waals surface area contributed by atoms with Gasteiger partial charge >= 0.3 is 0 Å². The third-order valence-electron chi connectivity index (χ3n) is 2.64. The molecule has 0 atom stereocenters. The van der Waals surface area contributed by atoms with Gasteiger partial charge in [-0.2, -0.15) is 4.39 Å². The molecule has 18 heavy (non-hydrogen) atoms. The highest BCUT2D eigenvalue weighted by Gasteiger charge is 2.08. The third kappa shape index (κ3) is 1.81. The van der Waals surface area contributed by atoms with Gasteiger partial charge in [0.25, 0.3) is 0 Å².